The summed E-state index contributed by atoms with van der Waals surface area (Å²) in [6.45, 7) is 5.32. The first-order valence-electron chi connectivity index (χ1n) is 18.1. The summed E-state index contributed by atoms with van der Waals surface area (Å²) >= 11 is 0. The third-order valence-electron chi connectivity index (χ3n) is 10.4. The summed E-state index contributed by atoms with van der Waals surface area (Å²) in [6, 6.07) is 20.0. The zero-order chi connectivity index (χ0) is 38.9. The Bertz CT molecular complexity index is 2120. The highest BCUT2D eigenvalue weighted by molar-refractivity contribution is 6.02. The fraction of sp³-hybridized carbons (Fsp3) is 0.341. The summed E-state index contributed by atoms with van der Waals surface area (Å²) < 4.78 is 85.0. The highest BCUT2D eigenvalue weighted by atomic mass is 19.4. The molecule has 0 bridgehead atoms. The van der Waals surface area contributed by atoms with Crippen LogP contribution in [0.3, 0.4) is 0 Å². The van der Waals surface area contributed by atoms with Gasteiger partial charge in [-0.3, -0.25) is 24.2 Å². The monoisotopic (exact) mass is 764 g/mol. The van der Waals surface area contributed by atoms with Crippen LogP contribution in [-0.4, -0.2) is 86.8 Å². The Hall–Kier alpha value is -5.21. The van der Waals surface area contributed by atoms with Crippen LogP contribution in [0.1, 0.15) is 44.7 Å². The molecular weight excluding hydrogens is 726 g/mol. The van der Waals surface area contributed by atoms with Crippen molar-refractivity contribution in [1.82, 2.24) is 9.80 Å². The maximum atomic E-state index is 13.7. The van der Waals surface area contributed by atoms with Crippen molar-refractivity contribution >= 4 is 44.9 Å². The number of Topliss-reactive ketones (excluding diaryl/α,β-unsaturated/α-hetero) is 2. The van der Waals surface area contributed by atoms with Gasteiger partial charge >= 0.3 is 12.4 Å². The molecule has 0 amide bonds. The van der Waals surface area contributed by atoms with Crippen molar-refractivity contribution in [2.75, 3.05) is 75.2 Å². The van der Waals surface area contributed by atoms with Gasteiger partial charge in [0.2, 0.25) is 5.43 Å². The molecule has 2 aliphatic heterocycles. The van der Waals surface area contributed by atoms with Crippen LogP contribution in [-0.2, 0) is 12.4 Å². The Morgan fingerprint density at radius 1 is 0.545 bits per heavy atom. The topological polar surface area (TPSA) is 77.3 Å². The zero-order valence-electron chi connectivity index (χ0n) is 29.8. The van der Waals surface area contributed by atoms with Crippen LogP contribution in [0.5, 0.6) is 0 Å². The molecule has 55 heavy (non-hydrogen) atoms. The van der Waals surface area contributed by atoms with Gasteiger partial charge in [-0.2, -0.15) is 26.3 Å². The Morgan fingerprint density at radius 2 is 0.945 bits per heavy atom. The molecule has 5 aromatic rings. The Balaban J connectivity index is 0.940. The minimum absolute atomic E-state index is 0.165. The van der Waals surface area contributed by atoms with Gasteiger partial charge in [0.05, 0.1) is 21.9 Å². The minimum Gasteiger partial charge on any atom is -0.456 e. The van der Waals surface area contributed by atoms with Gasteiger partial charge in [0.25, 0.3) is 0 Å². The van der Waals surface area contributed by atoms with Crippen molar-refractivity contribution < 1.29 is 40.3 Å². The van der Waals surface area contributed by atoms with Crippen LogP contribution in [0.15, 0.2) is 94.1 Å². The lowest BCUT2D eigenvalue weighted by atomic mass is 10.0. The first-order chi connectivity index (χ1) is 26.2. The van der Waals surface area contributed by atoms with E-state index in [1.807, 2.05) is 9.80 Å². The normalized spacial score (nSPS) is 16.3. The molecule has 288 valence electrons. The molecule has 0 radical (unpaired) electrons. The van der Waals surface area contributed by atoms with Gasteiger partial charge in [0.1, 0.15) is 11.2 Å². The van der Waals surface area contributed by atoms with Gasteiger partial charge < -0.3 is 14.2 Å². The number of fused-ring (bicyclic) bond motifs is 2. The van der Waals surface area contributed by atoms with E-state index in [1.54, 1.807) is 36.4 Å². The zero-order valence-corrected chi connectivity index (χ0v) is 29.8. The highest BCUT2D eigenvalue weighted by Crippen LogP contribution is 2.33. The number of carbonyl (C=O) groups excluding carboxylic acids is 2. The van der Waals surface area contributed by atoms with Crippen molar-refractivity contribution in [2.45, 2.75) is 25.2 Å². The predicted molar refractivity (Wildman–Crippen MR) is 198 cm³/mol. The second-order valence-electron chi connectivity index (χ2n) is 14.0. The fourth-order valence-electron chi connectivity index (χ4n) is 7.23. The smallest absolute Gasteiger partial charge is 0.416 e. The molecule has 2 aliphatic rings. The van der Waals surface area contributed by atoms with Crippen LogP contribution in [0.2, 0.25) is 0 Å². The molecule has 4 aromatic carbocycles. The summed E-state index contributed by atoms with van der Waals surface area (Å²) in [7, 11) is 0. The largest absolute Gasteiger partial charge is 0.456 e. The molecule has 0 atom stereocenters. The summed E-state index contributed by atoms with van der Waals surface area (Å²) in [5.41, 5.74) is 0.594. The Kier molecular flexibility index (Phi) is 10.7. The van der Waals surface area contributed by atoms with Gasteiger partial charge in [-0.1, -0.05) is 12.1 Å². The molecule has 7 rings (SSSR count). The van der Waals surface area contributed by atoms with Crippen molar-refractivity contribution in [2.24, 2.45) is 0 Å². The van der Waals surface area contributed by atoms with E-state index < -0.39 is 23.5 Å². The van der Waals surface area contributed by atoms with Gasteiger partial charge in [-0.15, -0.1) is 0 Å². The molecule has 0 spiro atoms. The molecule has 14 heteroatoms. The number of alkyl halides is 6. The first kappa shape index (κ1) is 38.1. The lowest BCUT2D eigenvalue weighted by molar-refractivity contribution is -0.138. The lowest BCUT2D eigenvalue weighted by Crippen LogP contribution is -2.47. The van der Waals surface area contributed by atoms with E-state index >= 15 is 0 Å². The molecular formula is C41H38F6N4O4. The highest BCUT2D eigenvalue weighted by Gasteiger charge is 2.32. The number of halogens is 6. The lowest BCUT2D eigenvalue weighted by Gasteiger charge is -2.36. The molecule has 0 aliphatic carbocycles. The number of benzene rings is 4. The standard InChI is InChI=1S/C41H38F6N4O4/c42-40(43,44)29-3-1-5-31(25-29)50-19-15-48(16-20-50)13-11-35(52)27-7-9-37-33(23-27)39(54)34-24-28(8-10-38(34)55-37)36(53)12-14-49-17-21-51(22-18-49)32-6-2-4-30(26-32)41(45,46)47/h1-10,23-26H,11-22H2. The summed E-state index contributed by atoms with van der Waals surface area (Å²) in [5.74, 6) is -0.331. The molecule has 0 N–H and O–H groups in total. The maximum Gasteiger partial charge on any atom is 0.416 e. The number of carbonyl (C=O) groups is 2. The van der Waals surface area contributed by atoms with Crippen LogP contribution >= 0.6 is 0 Å². The van der Waals surface area contributed by atoms with Crippen LogP contribution in [0.25, 0.3) is 21.9 Å². The van der Waals surface area contributed by atoms with E-state index in [2.05, 4.69) is 9.80 Å². The van der Waals surface area contributed by atoms with Crippen LogP contribution < -0.4 is 15.2 Å². The van der Waals surface area contributed by atoms with Gasteiger partial charge in [-0.25, -0.2) is 0 Å². The molecule has 2 fully saturated rings. The number of anilines is 2. The average Bonchev–Trinajstić information content (AvgIpc) is 3.19. The maximum absolute atomic E-state index is 13.7. The molecule has 8 nitrogen and oxygen atoms in total. The second-order valence-corrected chi connectivity index (χ2v) is 14.0. The van der Waals surface area contributed by atoms with Crippen molar-refractivity contribution in [3.63, 3.8) is 0 Å². The van der Waals surface area contributed by atoms with Crippen molar-refractivity contribution in [3.8, 4) is 0 Å². The first-order valence-corrected chi connectivity index (χ1v) is 18.1. The third kappa shape index (κ3) is 8.70. The van der Waals surface area contributed by atoms with Gasteiger partial charge in [-0.05, 0) is 72.8 Å². The summed E-state index contributed by atoms with van der Waals surface area (Å²) in [5, 5.41) is 0.438. The van der Waals surface area contributed by atoms with Crippen molar-refractivity contribution in [1.29, 1.82) is 0 Å². The van der Waals surface area contributed by atoms with E-state index in [1.165, 1.54) is 24.3 Å². The third-order valence-corrected chi connectivity index (χ3v) is 10.4. The Morgan fingerprint density at radius 3 is 1.33 bits per heavy atom. The van der Waals surface area contributed by atoms with E-state index in [9.17, 15) is 40.7 Å². The molecule has 2 saturated heterocycles. The molecule has 1 aromatic heterocycles. The quantitative estimate of drug-likeness (QED) is 0.0812. The molecule has 0 unspecified atom stereocenters. The van der Waals surface area contributed by atoms with E-state index in [4.69, 9.17) is 4.42 Å². The molecule has 0 saturated carbocycles. The Labute approximate surface area is 312 Å². The van der Waals surface area contributed by atoms with E-state index in [-0.39, 0.29) is 40.6 Å². The molecule has 3 heterocycles. The number of hydrogen-bond donors (Lipinski definition) is 0. The number of rotatable bonds is 10. The summed E-state index contributed by atoms with van der Waals surface area (Å²) in [4.78, 5) is 48.1. The SMILES string of the molecule is O=C(CCN1CCN(c2cccc(C(F)(F)F)c2)CC1)c1ccc2oc3ccc(C(=O)CCN4CCN(c5cccc(C(F)(F)F)c5)CC4)cc3c(=O)c2c1. The van der Waals surface area contributed by atoms with E-state index in [0.29, 0.717) is 99.1 Å². The fourth-order valence-corrected chi connectivity index (χ4v) is 7.23. The van der Waals surface area contributed by atoms with E-state index in [0.717, 1.165) is 24.3 Å². The number of piperazine rings is 2. The van der Waals surface area contributed by atoms with Crippen LogP contribution in [0, 0.1) is 0 Å². The number of hydrogen-bond acceptors (Lipinski definition) is 8. The number of ketones is 2. The van der Waals surface area contributed by atoms with Gasteiger partial charge in [0, 0.05) is 101 Å². The van der Waals surface area contributed by atoms with Crippen molar-refractivity contribution in [3.05, 3.63) is 117 Å². The second kappa shape index (κ2) is 15.5. The minimum atomic E-state index is -4.41. The average molecular weight is 765 g/mol. The predicted octanol–water partition coefficient (Wildman–Crippen LogP) is 7.77. The summed E-state index contributed by atoms with van der Waals surface area (Å²) in [6.07, 6.45) is -8.45. The van der Waals surface area contributed by atoms with Gasteiger partial charge in [0.15, 0.2) is 11.6 Å². The number of nitrogens with zero attached hydrogens (tertiary/aromatic N) is 4. The van der Waals surface area contributed by atoms with Crippen LogP contribution in [0.4, 0.5) is 37.7 Å².